The fraction of sp³-hybridized carbons (Fsp3) is 0.800. The molecule has 0 bridgehead atoms. The highest BCUT2D eigenvalue weighted by molar-refractivity contribution is 8.13. The third kappa shape index (κ3) is 2.68. The Morgan fingerprint density at radius 1 is 1.56 bits per heavy atom. The summed E-state index contributed by atoms with van der Waals surface area (Å²) in [6.07, 6.45) is 0.0985. The van der Waals surface area contributed by atoms with Crippen LogP contribution in [0.1, 0.15) is 6.92 Å². The fourth-order valence-electron chi connectivity index (χ4n) is 1.88. The van der Waals surface area contributed by atoms with Crippen LogP contribution in [0.4, 0.5) is 4.79 Å². The number of rotatable bonds is 2. The summed E-state index contributed by atoms with van der Waals surface area (Å²) in [4.78, 5) is 26.7. The van der Waals surface area contributed by atoms with Gasteiger partial charge in [0.1, 0.15) is 6.54 Å². The highest BCUT2D eigenvalue weighted by Gasteiger charge is 2.27. The first kappa shape index (κ1) is 11.7. The Morgan fingerprint density at radius 2 is 2.38 bits per heavy atom. The predicted octanol–water partition coefficient (Wildman–Crippen LogP) is 0.402. The Bertz CT molecular complexity index is 298. The molecule has 0 spiro atoms. The smallest absolute Gasteiger partial charge is 0.282 e. The van der Waals surface area contributed by atoms with Crippen molar-refractivity contribution in [3.05, 3.63) is 0 Å². The van der Waals surface area contributed by atoms with Crippen molar-refractivity contribution in [3.63, 3.8) is 0 Å². The van der Waals surface area contributed by atoms with Gasteiger partial charge in [-0.15, -0.1) is 0 Å². The molecule has 0 saturated carbocycles. The molecule has 0 N–H and O–H groups in total. The van der Waals surface area contributed by atoms with E-state index in [4.69, 9.17) is 4.74 Å². The van der Waals surface area contributed by atoms with Crippen LogP contribution in [0.25, 0.3) is 0 Å². The summed E-state index contributed by atoms with van der Waals surface area (Å²) in [6.45, 7) is 4.73. The van der Waals surface area contributed by atoms with Gasteiger partial charge >= 0.3 is 0 Å². The molecule has 0 unspecified atom stereocenters. The second kappa shape index (κ2) is 5.05. The van der Waals surface area contributed by atoms with Crippen molar-refractivity contribution in [2.24, 2.45) is 0 Å². The molecule has 2 fully saturated rings. The molecule has 2 heterocycles. The van der Waals surface area contributed by atoms with Gasteiger partial charge in [-0.05, 0) is 6.92 Å². The van der Waals surface area contributed by atoms with Crippen LogP contribution in [0.15, 0.2) is 0 Å². The van der Waals surface area contributed by atoms with Crippen molar-refractivity contribution in [2.75, 3.05) is 38.5 Å². The number of hydrogen-bond donors (Lipinski definition) is 0. The Hall–Kier alpha value is -0.750. The molecular weight excluding hydrogens is 228 g/mol. The summed E-state index contributed by atoms with van der Waals surface area (Å²) >= 11 is 1.29. The number of carbonyl (C=O) groups excluding carboxylic acids is 2. The minimum atomic E-state index is 0.0228. The number of amides is 2. The van der Waals surface area contributed by atoms with Crippen LogP contribution in [0.5, 0.6) is 0 Å². The van der Waals surface area contributed by atoms with Gasteiger partial charge in [-0.25, -0.2) is 0 Å². The zero-order chi connectivity index (χ0) is 11.5. The molecule has 6 heteroatoms. The lowest BCUT2D eigenvalue weighted by atomic mass is 10.3. The first-order valence-electron chi connectivity index (χ1n) is 5.48. The number of hydrogen-bond acceptors (Lipinski definition) is 4. The van der Waals surface area contributed by atoms with E-state index in [0.717, 1.165) is 5.75 Å². The maximum absolute atomic E-state index is 11.9. The van der Waals surface area contributed by atoms with E-state index in [2.05, 4.69) is 0 Å². The second-order valence-corrected chi connectivity index (χ2v) is 5.10. The fourth-order valence-corrected chi connectivity index (χ4v) is 2.70. The van der Waals surface area contributed by atoms with Gasteiger partial charge < -0.3 is 14.5 Å². The van der Waals surface area contributed by atoms with Gasteiger partial charge in [-0.3, -0.25) is 9.59 Å². The Labute approximate surface area is 99.1 Å². The molecule has 0 aromatic rings. The Kier molecular flexibility index (Phi) is 3.70. The van der Waals surface area contributed by atoms with Crippen LogP contribution in [0.3, 0.4) is 0 Å². The summed E-state index contributed by atoms with van der Waals surface area (Å²) in [7, 11) is 0. The molecule has 2 amide bonds. The average molecular weight is 244 g/mol. The monoisotopic (exact) mass is 244 g/mol. The van der Waals surface area contributed by atoms with Gasteiger partial charge in [0.25, 0.3) is 5.24 Å². The standard InChI is InChI=1S/C10H16N2O3S/c1-8-6-11(2-4-15-8)9(13)7-12-3-5-16-10(12)14/h8H,2-7H2,1H3/t8-/m1/s1. The summed E-state index contributed by atoms with van der Waals surface area (Å²) in [5, 5.41) is 0.0228. The number of morpholine rings is 1. The maximum atomic E-state index is 11.9. The molecule has 0 aromatic heterocycles. The summed E-state index contributed by atoms with van der Waals surface area (Å²) < 4.78 is 5.37. The van der Waals surface area contributed by atoms with Crippen LogP contribution >= 0.6 is 11.8 Å². The van der Waals surface area contributed by atoms with Gasteiger partial charge in [0.05, 0.1) is 12.7 Å². The lowest BCUT2D eigenvalue weighted by Gasteiger charge is -2.32. The van der Waals surface area contributed by atoms with E-state index in [0.29, 0.717) is 26.2 Å². The van der Waals surface area contributed by atoms with E-state index in [1.54, 1.807) is 9.80 Å². The van der Waals surface area contributed by atoms with Crippen molar-refractivity contribution in [1.82, 2.24) is 9.80 Å². The van der Waals surface area contributed by atoms with E-state index in [-0.39, 0.29) is 23.8 Å². The zero-order valence-electron chi connectivity index (χ0n) is 9.35. The molecule has 16 heavy (non-hydrogen) atoms. The maximum Gasteiger partial charge on any atom is 0.282 e. The van der Waals surface area contributed by atoms with E-state index in [1.165, 1.54) is 11.8 Å². The van der Waals surface area contributed by atoms with Gasteiger partial charge in [-0.2, -0.15) is 0 Å². The van der Waals surface area contributed by atoms with Gasteiger partial charge in [0, 0.05) is 25.4 Å². The average Bonchev–Trinajstić information content (AvgIpc) is 2.64. The van der Waals surface area contributed by atoms with Crippen LogP contribution in [0.2, 0.25) is 0 Å². The molecule has 2 rings (SSSR count). The molecule has 0 radical (unpaired) electrons. The lowest BCUT2D eigenvalue weighted by molar-refractivity contribution is -0.138. The van der Waals surface area contributed by atoms with Crippen LogP contribution in [-0.2, 0) is 9.53 Å². The molecule has 2 aliphatic rings. The summed E-state index contributed by atoms with van der Waals surface area (Å²) in [5.41, 5.74) is 0. The number of ether oxygens (including phenoxy) is 1. The quantitative estimate of drug-likeness (QED) is 0.705. The molecule has 2 saturated heterocycles. The third-order valence-corrected chi connectivity index (χ3v) is 3.66. The van der Waals surface area contributed by atoms with Crippen molar-refractivity contribution < 1.29 is 14.3 Å². The molecule has 5 nitrogen and oxygen atoms in total. The minimum Gasteiger partial charge on any atom is -0.375 e. The van der Waals surface area contributed by atoms with Crippen molar-refractivity contribution in [1.29, 1.82) is 0 Å². The Morgan fingerprint density at radius 3 is 3.00 bits per heavy atom. The van der Waals surface area contributed by atoms with E-state index in [9.17, 15) is 9.59 Å². The molecular formula is C10H16N2O3S. The van der Waals surface area contributed by atoms with Crippen molar-refractivity contribution >= 4 is 22.9 Å². The highest BCUT2D eigenvalue weighted by atomic mass is 32.2. The van der Waals surface area contributed by atoms with Crippen LogP contribution in [0, 0.1) is 0 Å². The predicted molar refractivity (Wildman–Crippen MR) is 61.4 cm³/mol. The SMILES string of the molecule is C[C@@H]1CN(C(=O)CN2CCSC2=O)CCO1. The number of nitrogens with zero attached hydrogens (tertiary/aromatic N) is 2. The van der Waals surface area contributed by atoms with Gasteiger partial charge in [0.2, 0.25) is 5.91 Å². The molecule has 0 aromatic carbocycles. The summed E-state index contributed by atoms with van der Waals surface area (Å²) in [6, 6.07) is 0. The van der Waals surface area contributed by atoms with Gasteiger partial charge in [0.15, 0.2) is 0 Å². The Balaban J connectivity index is 1.85. The van der Waals surface area contributed by atoms with Crippen LogP contribution < -0.4 is 0 Å². The summed E-state index contributed by atoms with van der Waals surface area (Å²) in [5.74, 6) is 0.831. The van der Waals surface area contributed by atoms with Crippen molar-refractivity contribution in [3.8, 4) is 0 Å². The number of carbonyl (C=O) groups is 2. The normalized spacial score (nSPS) is 26.3. The third-order valence-electron chi connectivity index (χ3n) is 2.76. The first-order chi connectivity index (χ1) is 7.66. The minimum absolute atomic E-state index is 0.0228. The molecule has 1 atom stereocenters. The highest BCUT2D eigenvalue weighted by Crippen LogP contribution is 2.17. The first-order valence-corrected chi connectivity index (χ1v) is 6.46. The zero-order valence-corrected chi connectivity index (χ0v) is 10.2. The van der Waals surface area contributed by atoms with Crippen molar-refractivity contribution in [2.45, 2.75) is 13.0 Å². The topological polar surface area (TPSA) is 49.9 Å². The van der Waals surface area contributed by atoms with E-state index < -0.39 is 0 Å². The number of thioether (sulfide) groups is 1. The largest absolute Gasteiger partial charge is 0.375 e. The van der Waals surface area contributed by atoms with E-state index >= 15 is 0 Å². The van der Waals surface area contributed by atoms with E-state index in [1.807, 2.05) is 6.92 Å². The molecule has 2 aliphatic heterocycles. The van der Waals surface area contributed by atoms with Gasteiger partial charge in [-0.1, -0.05) is 11.8 Å². The van der Waals surface area contributed by atoms with Crippen LogP contribution in [-0.4, -0.2) is 65.6 Å². The molecule has 0 aliphatic carbocycles. The second-order valence-electron chi connectivity index (χ2n) is 4.06. The molecule has 90 valence electrons. The lowest BCUT2D eigenvalue weighted by Crippen LogP contribution is -2.48.